The Labute approximate surface area is 210 Å². The number of hydrogen-bond donors (Lipinski definition) is 0. The SMILES string of the molecule is CC[Si]1(Cl)c2c(C3=C(C)C(C)=C(C)C3C)cc3c([cH-]c4ccccc43)c21.[Cl-].[Cl-].[Hf]. The van der Waals surface area contributed by atoms with Crippen molar-refractivity contribution in [2.45, 2.75) is 40.7 Å². The van der Waals surface area contributed by atoms with Crippen molar-refractivity contribution in [3.05, 3.63) is 58.7 Å². The van der Waals surface area contributed by atoms with Crippen molar-refractivity contribution in [2.75, 3.05) is 0 Å². The molecule has 1 aliphatic carbocycles. The molecule has 29 heavy (non-hydrogen) atoms. The smallest absolute Gasteiger partial charge is 0.174 e. The fraction of sp³-hybridized carbons (Fsp3) is 0.292. The van der Waals surface area contributed by atoms with Gasteiger partial charge in [0.05, 0.1) is 0 Å². The Morgan fingerprint density at radius 1 is 1.00 bits per heavy atom. The molecule has 152 valence electrons. The van der Waals surface area contributed by atoms with Crippen LogP contribution in [0, 0.1) is 5.92 Å². The van der Waals surface area contributed by atoms with E-state index in [-0.39, 0.29) is 50.7 Å². The molecule has 0 bridgehead atoms. The zero-order chi connectivity index (χ0) is 18.4. The van der Waals surface area contributed by atoms with E-state index in [1.165, 1.54) is 59.8 Å². The third kappa shape index (κ3) is 3.21. The van der Waals surface area contributed by atoms with Crippen LogP contribution in [-0.2, 0) is 25.8 Å². The van der Waals surface area contributed by atoms with Gasteiger partial charge in [-0.1, -0.05) is 54.1 Å². The van der Waals surface area contributed by atoms with Gasteiger partial charge in [0, 0.05) is 31.8 Å². The van der Waals surface area contributed by atoms with Gasteiger partial charge in [0.1, 0.15) is 0 Å². The molecule has 0 amide bonds. The third-order valence-electron chi connectivity index (χ3n) is 7.07. The Morgan fingerprint density at radius 3 is 2.24 bits per heavy atom. The van der Waals surface area contributed by atoms with Gasteiger partial charge in [0.2, 0.25) is 0 Å². The summed E-state index contributed by atoms with van der Waals surface area (Å²) in [6, 6.07) is 14.7. The van der Waals surface area contributed by atoms with Gasteiger partial charge in [0.15, 0.2) is 7.38 Å². The maximum Gasteiger partial charge on any atom is 0.174 e. The normalized spacial score (nSPS) is 22.3. The molecule has 0 aromatic heterocycles. The first-order valence-corrected chi connectivity index (χ1v) is 12.9. The summed E-state index contributed by atoms with van der Waals surface area (Å²) in [6.07, 6.45) is 0. The van der Waals surface area contributed by atoms with Crippen LogP contribution in [0.4, 0.5) is 0 Å². The van der Waals surface area contributed by atoms with Gasteiger partial charge < -0.3 is 24.8 Å². The van der Waals surface area contributed by atoms with Gasteiger partial charge in [-0.05, 0) is 49.1 Å². The van der Waals surface area contributed by atoms with Gasteiger partial charge in [-0.2, -0.15) is 11.1 Å². The molecule has 0 nitrogen and oxygen atoms in total. The van der Waals surface area contributed by atoms with Crippen molar-refractivity contribution in [3.63, 3.8) is 0 Å². The van der Waals surface area contributed by atoms with E-state index in [0.29, 0.717) is 5.92 Å². The largest absolute Gasteiger partial charge is 1.00 e. The minimum absolute atomic E-state index is 0. The average Bonchev–Trinajstić information content (AvgIpc) is 3.03. The molecule has 0 fully saturated rings. The molecule has 2 atom stereocenters. The van der Waals surface area contributed by atoms with Gasteiger partial charge >= 0.3 is 0 Å². The Balaban J connectivity index is 0.000001000. The van der Waals surface area contributed by atoms with Crippen LogP contribution in [0.25, 0.3) is 27.1 Å². The van der Waals surface area contributed by atoms with Gasteiger partial charge in [-0.25, -0.2) is 0 Å². The number of allylic oxidation sites excluding steroid dienone is 4. The molecule has 0 radical (unpaired) electrons. The van der Waals surface area contributed by atoms with Crippen LogP contribution >= 0.6 is 11.1 Å². The van der Waals surface area contributed by atoms with Gasteiger partial charge in [-0.15, -0.1) is 33.7 Å². The Hall–Kier alpha value is -0.253. The fourth-order valence-corrected chi connectivity index (χ4v) is 9.75. The van der Waals surface area contributed by atoms with Crippen LogP contribution < -0.4 is 35.2 Å². The second-order valence-corrected chi connectivity index (χ2v) is 13.3. The second kappa shape index (κ2) is 8.35. The van der Waals surface area contributed by atoms with E-state index in [0.717, 1.165) is 6.04 Å². The summed E-state index contributed by atoms with van der Waals surface area (Å²) in [5.41, 5.74) is 7.41. The third-order valence-corrected chi connectivity index (χ3v) is 12.4. The Bertz CT molecular complexity index is 1190. The zero-order valence-corrected chi connectivity index (χ0v) is 24.2. The molecule has 0 spiro atoms. The van der Waals surface area contributed by atoms with E-state index in [9.17, 15) is 0 Å². The number of halogens is 3. The minimum Gasteiger partial charge on any atom is -1.00 e. The van der Waals surface area contributed by atoms with Crippen LogP contribution in [0.5, 0.6) is 0 Å². The molecule has 5 heteroatoms. The van der Waals surface area contributed by atoms with Crippen LogP contribution in [0.15, 0.2) is 53.1 Å². The van der Waals surface area contributed by atoms with E-state index in [1.807, 2.05) is 0 Å². The summed E-state index contributed by atoms with van der Waals surface area (Å²) in [5, 5.41) is 8.56. The van der Waals surface area contributed by atoms with Crippen molar-refractivity contribution in [1.82, 2.24) is 0 Å². The molecule has 1 aliphatic heterocycles. The maximum absolute atomic E-state index is 7.29. The number of fused-ring (bicyclic) bond motifs is 5. The predicted molar refractivity (Wildman–Crippen MR) is 119 cm³/mol. The zero-order valence-electron chi connectivity index (χ0n) is 17.4. The molecule has 0 saturated heterocycles. The van der Waals surface area contributed by atoms with Gasteiger partial charge in [-0.3, -0.25) is 0 Å². The first-order chi connectivity index (χ1) is 12.4. The molecule has 0 N–H and O–H groups in total. The summed E-state index contributed by atoms with van der Waals surface area (Å²) < 4.78 is 0. The van der Waals surface area contributed by atoms with Crippen molar-refractivity contribution in [1.29, 1.82) is 0 Å². The Morgan fingerprint density at radius 2 is 1.66 bits per heavy atom. The molecular formula is C24H24Cl3HfSi-3. The standard InChI is InChI=1S/C24H24ClSi.2ClH.Hf/c1-6-26(25)23-20-11-17-9-7-8-10-18(17)19(20)12-21(24(23)26)22-15(4)13(2)14(3)16(22)5;;;/h7-12,15H,6H2,1-5H3;2*1H;/q-1;;;/p-2. The molecular weight excluding hydrogens is 601 g/mol. The van der Waals surface area contributed by atoms with E-state index in [4.69, 9.17) is 11.1 Å². The molecule has 1 heterocycles. The maximum atomic E-state index is 7.29. The summed E-state index contributed by atoms with van der Waals surface area (Å²) in [4.78, 5) is 0. The van der Waals surface area contributed by atoms with Crippen LogP contribution in [-0.4, -0.2) is 7.38 Å². The van der Waals surface area contributed by atoms with E-state index in [2.05, 4.69) is 71.0 Å². The van der Waals surface area contributed by atoms with Crippen LogP contribution in [0.2, 0.25) is 6.04 Å². The van der Waals surface area contributed by atoms with Crippen molar-refractivity contribution >= 4 is 56.0 Å². The van der Waals surface area contributed by atoms with Crippen molar-refractivity contribution in [2.24, 2.45) is 5.92 Å². The number of rotatable bonds is 2. The molecule has 0 saturated carbocycles. The minimum atomic E-state index is -1.94. The fourth-order valence-electron chi connectivity index (χ4n) is 5.18. The number of benzene rings is 2. The van der Waals surface area contributed by atoms with E-state index in [1.54, 1.807) is 0 Å². The number of hydrogen-bond acceptors (Lipinski definition) is 0. The van der Waals surface area contributed by atoms with Gasteiger partial charge in [0.25, 0.3) is 0 Å². The van der Waals surface area contributed by atoms with Crippen molar-refractivity contribution in [3.8, 4) is 0 Å². The van der Waals surface area contributed by atoms with Crippen LogP contribution in [0.1, 0.15) is 40.2 Å². The molecule has 5 rings (SSSR count). The Kier molecular flexibility index (Phi) is 7.20. The van der Waals surface area contributed by atoms with Crippen molar-refractivity contribution < 1.29 is 50.7 Å². The predicted octanol–water partition coefficient (Wildman–Crippen LogP) is 0.109. The second-order valence-electron chi connectivity index (χ2n) is 8.09. The summed E-state index contributed by atoms with van der Waals surface area (Å²) in [7, 11) is -1.94. The first kappa shape index (κ1) is 25.0. The summed E-state index contributed by atoms with van der Waals surface area (Å²) in [5.74, 6) is 0.491. The van der Waals surface area contributed by atoms with Crippen LogP contribution in [0.3, 0.4) is 0 Å². The summed E-state index contributed by atoms with van der Waals surface area (Å²) >= 11 is 7.29. The van der Waals surface area contributed by atoms with E-state index >= 15 is 0 Å². The molecule has 2 aliphatic rings. The topological polar surface area (TPSA) is 0 Å². The first-order valence-electron chi connectivity index (χ1n) is 9.64. The quantitative estimate of drug-likeness (QED) is 0.216. The monoisotopic (exact) mass is 625 g/mol. The average molecular weight is 625 g/mol. The molecule has 3 aromatic rings. The molecule has 2 unspecified atom stereocenters. The molecule has 3 aromatic carbocycles. The summed E-state index contributed by atoms with van der Waals surface area (Å²) in [6.45, 7) is 11.5. The van der Waals surface area contributed by atoms with E-state index < -0.39 is 7.38 Å².